The van der Waals surface area contributed by atoms with Gasteiger partial charge in [0.05, 0.1) is 30.8 Å². The van der Waals surface area contributed by atoms with Crippen LogP contribution in [-0.4, -0.2) is 30.8 Å². The smallest absolute Gasteiger partial charge is 0.177 e. The maximum absolute atomic E-state index is 5.61. The molecule has 1 aromatic carbocycles. The first-order valence-corrected chi connectivity index (χ1v) is 11.5. The zero-order chi connectivity index (χ0) is 20.5. The van der Waals surface area contributed by atoms with Gasteiger partial charge in [0.25, 0.3) is 0 Å². The van der Waals surface area contributed by atoms with E-state index in [0.717, 1.165) is 47.3 Å². The van der Waals surface area contributed by atoms with Gasteiger partial charge in [-0.2, -0.15) is 0 Å². The van der Waals surface area contributed by atoms with Crippen molar-refractivity contribution < 1.29 is 14.0 Å². The van der Waals surface area contributed by atoms with Gasteiger partial charge in [-0.1, -0.05) is 17.3 Å². The molecule has 1 aliphatic rings. The predicted octanol–water partition coefficient (Wildman–Crippen LogP) is 5.63. The molecule has 30 heavy (non-hydrogen) atoms. The van der Waals surface area contributed by atoms with E-state index in [0.29, 0.717) is 0 Å². The van der Waals surface area contributed by atoms with Crippen LogP contribution in [0.25, 0.3) is 10.6 Å². The summed E-state index contributed by atoms with van der Waals surface area (Å²) in [5, 5.41) is 8.53. The van der Waals surface area contributed by atoms with Crippen LogP contribution in [0.4, 0.5) is 0 Å². The molecular weight excluding hydrogens is 416 g/mol. The van der Waals surface area contributed by atoms with Crippen LogP contribution in [0.5, 0.6) is 11.5 Å². The number of rotatable bonds is 6. The lowest BCUT2D eigenvalue weighted by Crippen LogP contribution is -2.35. The van der Waals surface area contributed by atoms with E-state index in [1.54, 1.807) is 36.9 Å². The van der Waals surface area contributed by atoms with Crippen molar-refractivity contribution >= 4 is 22.7 Å². The van der Waals surface area contributed by atoms with Gasteiger partial charge in [-0.15, -0.1) is 22.7 Å². The second kappa shape index (κ2) is 8.26. The van der Waals surface area contributed by atoms with Crippen molar-refractivity contribution in [2.75, 3.05) is 20.8 Å². The molecule has 0 N–H and O–H groups in total. The normalized spacial score (nSPS) is 16.4. The zero-order valence-corrected chi connectivity index (χ0v) is 18.5. The topological polar surface area (TPSA) is 47.7 Å². The molecule has 0 saturated carbocycles. The van der Waals surface area contributed by atoms with E-state index >= 15 is 0 Å². The summed E-state index contributed by atoms with van der Waals surface area (Å²) in [6.45, 7) is 1.66. The first-order chi connectivity index (χ1) is 14.8. The van der Waals surface area contributed by atoms with Gasteiger partial charge in [0.1, 0.15) is 0 Å². The summed E-state index contributed by atoms with van der Waals surface area (Å²) in [4.78, 5) is 4.88. The molecule has 0 fully saturated rings. The van der Waals surface area contributed by atoms with Gasteiger partial charge >= 0.3 is 0 Å². The van der Waals surface area contributed by atoms with Crippen LogP contribution in [0.15, 0.2) is 57.7 Å². The Morgan fingerprint density at radius 1 is 1.07 bits per heavy atom. The highest BCUT2D eigenvalue weighted by molar-refractivity contribution is 7.13. The predicted molar refractivity (Wildman–Crippen MR) is 120 cm³/mol. The highest BCUT2D eigenvalue weighted by atomic mass is 32.1. The van der Waals surface area contributed by atoms with Crippen LogP contribution in [0.2, 0.25) is 0 Å². The van der Waals surface area contributed by atoms with E-state index in [-0.39, 0.29) is 6.04 Å². The number of hydrogen-bond acceptors (Lipinski definition) is 7. The standard InChI is InChI=1S/C23H22N2O3S2/c1-26-18-11-15-7-8-25(14-16-12-20(28-24-16)21-5-3-9-29-21)23(22-6-4-10-30-22)17(15)13-19(18)27-2/h3-6,9-13,23H,7-8,14H2,1-2H3/t23-/m1/s1. The average molecular weight is 439 g/mol. The van der Waals surface area contributed by atoms with Gasteiger partial charge in [-0.05, 0) is 52.6 Å². The number of methoxy groups -OCH3 is 2. The number of thiophene rings is 2. The summed E-state index contributed by atoms with van der Waals surface area (Å²) in [5.41, 5.74) is 3.52. The molecule has 5 rings (SSSR count). The van der Waals surface area contributed by atoms with Gasteiger partial charge in [-0.25, -0.2) is 0 Å². The molecule has 0 radical (unpaired) electrons. The summed E-state index contributed by atoms with van der Waals surface area (Å²) in [6.07, 6.45) is 0.952. The highest BCUT2D eigenvalue weighted by Gasteiger charge is 2.31. The van der Waals surface area contributed by atoms with Gasteiger partial charge in [0, 0.05) is 24.0 Å². The molecule has 4 aromatic rings. The van der Waals surface area contributed by atoms with Crippen molar-refractivity contribution in [1.82, 2.24) is 10.1 Å². The van der Waals surface area contributed by atoms with Crippen LogP contribution in [0, 0.1) is 0 Å². The van der Waals surface area contributed by atoms with Crippen LogP contribution < -0.4 is 9.47 Å². The van der Waals surface area contributed by atoms with Crippen LogP contribution in [-0.2, 0) is 13.0 Å². The lowest BCUT2D eigenvalue weighted by Gasteiger charge is -2.37. The molecule has 0 aliphatic carbocycles. The van der Waals surface area contributed by atoms with E-state index in [1.165, 1.54) is 16.0 Å². The number of nitrogens with zero attached hydrogens (tertiary/aromatic N) is 2. The number of aromatic nitrogens is 1. The van der Waals surface area contributed by atoms with Gasteiger partial charge in [-0.3, -0.25) is 4.90 Å². The van der Waals surface area contributed by atoms with Crippen molar-refractivity contribution in [2.24, 2.45) is 0 Å². The Morgan fingerprint density at radius 2 is 1.87 bits per heavy atom. The second-order valence-electron chi connectivity index (χ2n) is 7.20. The zero-order valence-electron chi connectivity index (χ0n) is 16.8. The van der Waals surface area contributed by atoms with Gasteiger partial charge in [0.15, 0.2) is 17.3 Å². The van der Waals surface area contributed by atoms with E-state index < -0.39 is 0 Å². The minimum atomic E-state index is 0.149. The van der Waals surface area contributed by atoms with Crippen molar-refractivity contribution in [2.45, 2.75) is 19.0 Å². The molecule has 0 unspecified atom stereocenters. The quantitative estimate of drug-likeness (QED) is 0.390. The van der Waals surface area contributed by atoms with Crippen LogP contribution in [0.1, 0.15) is 27.7 Å². The molecule has 4 heterocycles. The molecule has 7 heteroatoms. The Balaban J connectivity index is 1.50. The van der Waals surface area contributed by atoms with Gasteiger partial charge < -0.3 is 14.0 Å². The Labute approximate surface area is 183 Å². The highest BCUT2D eigenvalue weighted by Crippen LogP contribution is 2.42. The van der Waals surface area contributed by atoms with Crippen molar-refractivity contribution in [1.29, 1.82) is 0 Å². The summed E-state index contributed by atoms with van der Waals surface area (Å²) < 4.78 is 16.7. The molecule has 3 aromatic heterocycles. The molecule has 1 aliphatic heterocycles. The SMILES string of the molecule is COc1cc2c(cc1OC)[C@H](c1cccs1)N(Cc1cc(-c3cccs3)on1)CC2. The van der Waals surface area contributed by atoms with Crippen LogP contribution in [0.3, 0.4) is 0 Å². The average Bonchev–Trinajstić information content (AvgIpc) is 3.55. The monoisotopic (exact) mass is 438 g/mol. The fourth-order valence-electron chi connectivity index (χ4n) is 4.08. The Kier molecular flexibility index (Phi) is 5.33. The van der Waals surface area contributed by atoms with Crippen LogP contribution >= 0.6 is 22.7 Å². The molecule has 0 bridgehead atoms. The maximum Gasteiger partial charge on any atom is 0.177 e. The third-order valence-electron chi connectivity index (χ3n) is 5.47. The van der Waals surface area contributed by atoms with Crippen molar-refractivity contribution in [3.8, 4) is 22.1 Å². The summed E-state index contributed by atoms with van der Waals surface area (Å²) in [7, 11) is 3.37. The first kappa shape index (κ1) is 19.4. The Hall–Kier alpha value is -2.61. The Bertz CT molecular complexity index is 1120. The molecule has 0 spiro atoms. The summed E-state index contributed by atoms with van der Waals surface area (Å²) in [5.74, 6) is 2.38. The fraction of sp³-hybridized carbons (Fsp3) is 0.261. The fourth-order valence-corrected chi connectivity index (χ4v) is 5.63. The summed E-state index contributed by atoms with van der Waals surface area (Å²) >= 11 is 3.44. The number of fused-ring (bicyclic) bond motifs is 1. The molecule has 1 atom stereocenters. The van der Waals surface area contributed by atoms with Crippen molar-refractivity contribution in [3.05, 3.63) is 74.9 Å². The number of ether oxygens (including phenoxy) is 2. The number of hydrogen-bond donors (Lipinski definition) is 0. The largest absolute Gasteiger partial charge is 0.493 e. The van der Waals surface area contributed by atoms with E-state index in [9.17, 15) is 0 Å². The molecule has 154 valence electrons. The maximum atomic E-state index is 5.61. The minimum absolute atomic E-state index is 0.149. The second-order valence-corrected chi connectivity index (χ2v) is 9.13. The lowest BCUT2D eigenvalue weighted by atomic mass is 9.90. The number of benzene rings is 1. The van der Waals surface area contributed by atoms with Crippen molar-refractivity contribution in [3.63, 3.8) is 0 Å². The molecule has 0 amide bonds. The van der Waals surface area contributed by atoms with E-state index in [4.69, 9.17) is 14.0 Å². The summed E-state index contributed by atoms with van der Waals surface area (Å²) in [6, 6.07) is 14.9. The molecular formula is C23H22N2O3S2. The van der Waals surface area contributed by atoms with Gasteiger partial charge in [0.2, 0.25) is 0 Å². The first-order valence-electron chi connectivity index (χ1n) is 9.78. The minimum Gasteiger partial charge on any atom is -0.493 e. The lowest BCUT2D eigenvalue weighted by molar-refractivity contribution is 0.200. The third kappa shape index (κ3) is 3.53. The van der Waals surface area contributed by atoms with E-state index in [1.807, 2.05) is 11.4 Å². The van der Waals surface area contributed by atoms with E-state index in [2.05, 4.69) is 51.8 Å². The third-order valence-corrected chi connectivity index (χ3v) is 7.28. The molecule has 0 saturated heterocycles. The Morgan fingerprint density at radius 3 is 2.60 bits per heavy atom. The molecule has 5 nitrogen and oxygen atoms in total.